The summed E-state index contributed by atoms with van der Waals surface area (Å²) in [5, 5.41) is 5.03. The average Bonchev–Trinajstić information content (AvgIpc) is 2.93. The maximum Gasteiger partial charge on any atom is 0.387 e. The van der Waals surface area contributed by atoms with Crippen LogP contribution in [0.4, 0.5) is 18.0 Å². The van der Waals surface area contributed by atoms with Gasteiger partial charge in [0.1, 0.15) is 23.7 Å². The van der Waals surface area contributed by atoms with Gasteiger partial charge in [0.05, 0.1) is 0 Å². The lowest BCUT2D eigenvalue weighted by Gasteiger charge is -2.22. The lowest BCUT2D eigenvalue weighted by atomic mass is 9.91. The first-order valence-electron chi connectivity index (χ1n) is 9.40. The molecule has 2 aromatic carbocycles. The van der Waals surface area contributed by atoms with Gasteiger partial charge >= 0.3 is 12.6 Å². The zero-order valence-corrected chi connectivity index (χ0v) is 16.5. The third-order valence-corrected chi connectivity index (χ3v) is 4.87. The van der Waals surface area contributed by atoms with E-state index in [9.17, 15) is 27.6 Å². The summed E-state index contributed by atoms with van der Waals surface area (Å²) >= 11 is 0. The summed E-state index contributed by atoms with van der Waals surface area (Å²) in [6.07, 6.45) is 0.397. The van der Waals surface area contributed by atoms with Crippen LogP contribution < -0.4 is 15.4 Å². The number of carbonyl (C=O) groups excluding carboxylic acids is 3. The molecule has 1 unspecified atom stereocenters. The van der Waals surface area contributed by atoms with Gasteiger partial charge in [-0.15, -0.1) is 0 Å². The number of alkyl halides is 2. The molecule has 1 heterocycles. The van der Waals surface area contributed by atoms with E-state index < -0.39 is 42.4 Å². The van der Waals surface area contributed by atoms with Crippen LogP contribution in [0.1, 0.15) is 18.1 Å². The molecular formula is C21H20F3N3O4. The highest BCUT2D eigenvalue weighted by Crippen LogP contribution is 2.30. The van der Waals surface area contributed by atoms with Crippen molar-refractivity contribution in [3.05, 3.63) is 65.5 Å². The predicted molar refractivity (Wildman–Crippen MR) is 104 cm³/mol. The van der Waals surface area contributed by atoms with Crippen LogP contribution in [0.2, 0.25) is 0 Å². The Morgan fingerprint density at radius 1 is 1.16 bits per heavy atom. The molecule has 1 saturated heterocycles. The molecule has 0 aromatic heterocycles. The van der Waals surface area contributed by atoms with Gasteiger partial charge in [-0.25, -0.2) is 9.18 Å². The lowest BCUT2D eigenvalue weighted by Crippen LogP contribution is -2.43. The number of rotatable bonds is 8. The lowest BCUT2D eigenvalue weighted by molar-refractivity contribution is -0.134. The number of carbonyl (C=O) groups is 3. The molecule has 10 heteroatoms. The maximum atomic E-state index is 14.1. The molecule has 31 heavy (non-hydrogen) atoms. The van der Waals surface area contributed by atoms with Gasteiger partial charge in [0.25, 0.3) is 5.91 Å². The number of hydrogen-bond donors (Lipinski definition) is 2. The van der Waals surface area contributed by atoms with Gasteiger partial charge in [-0.05, 0) is 37.1 Å². The highest BCUT2D eigenvalue weighted by atomic mass is 19.3. The van der Waals surface area contributed by atoms with Crippen LogP contribution in [0.3, 0.4) is 0 Å². The molecule has 1 fully saturated rings. The quantitative estimate of drug-likeness (QED) is 0.624. The Hall–Kier alpha value is -3.56. The zero-order chi connectivity index (χ0) is 22.6. The Morgan fingerprint density at radius 2 is 1.84 bits per heavy atom. The van der Waals surface area contributed by atoms with Gasteiger partial charge in [0, 0.05) is 12.1 Å². The van der Waals surface area contributed by atoms with Crippen molar-refractivity contribution in [1.82, 2.24) is 15.5 Å². The Balaban J connectivity index is 1.54. The van der Waals surface area contributed by atoms with E-state index in [4.69, 9.17) is 0 Å². The molecule has 0 bridgehead atoms. The minimum Gasteiger partial charge on any atom is -0.435 e. The number of nitrogens with one attached hydrogen (secondary N) is 2. The first-order valence-corrected chi connectivity index (χ1v) is 9.40. The van der Waals surface area contributed by atoms with Crippen molar-refractivity contribution in [3.63, 3.8) is 0 Å². The fourth-order valence-corrected chi connectivity index (χ4v) is 3.27. The van der Waals surface area contributed by atoms with Gasteiger partial charge in [-0.1, -0.05) is 30.3 Å². The molecule has 3 rings (SSSR count). The zero-order valence-electron chi connectivity index (χ0n) is 16.5. The van der Waals surface area contributed by atoms with Crippen molar-refractivity contribution >= 4 is 17.8 Å². The summed E-state index contributed by atoms with van der Waals surface area (Å²) in [5.41, 5.74) is -0.829. The molecule has 164 valence electrons. The molecule has 4 amide bonds. The largest absolute Gasteiger partial charge is 0.435 e. The van der Waals surface area contributed by atoms with E-state index in [-0.39, 0.29) is 17.9 Å². The summed E-state index contributed by atoms with van der Waals surface area (Å²) in [5.74, 6) is -1.92. The minimum atomic E-state index is -2.91. The number of hydrogen-bond acceptors (Lipinski definition) is 4. The molecule has 1 atom stereocenters. The average molecular weight is 435 g/mol. The number of urea groups is 1. The van der Waals surface area contributed by atoms with Gasteiger partial charge in [0.2, 0.25) is 5.91 Å². The third-order valence-electron chi connectivity index (χ3n) is 4.87. The van der Waals surface area contributed by atoms with Gasteiger partial charge in [-0.2, -0.15) is 8.78 Å². The molecule has 1 aliphatic heterocycles. The van der Waals surface area contributed by atoms with Crippen molar-refractivity contribution < 1.29 is 32.3 Å². The van der Waals surface area contributed by atoms with Crippen LogP contribution in [0, 0.1) is 5.82 Å². The second-order valence-electron chi connectivity index (χ2n) is 7.05. The number of halogens is 3. The SMILES string of the molecule is CC1(c2ccccc2F)NC(=O)N(CC(=O)NCCc2ccc(OC(F)F)cc2)C1=O. The fraction of sp³-hybridized carbons (Fsp3) is 0.286. The Morgan fingerprint density at radius 3 is 2.48 bits per heavy atom. The monoisotopic (exact) mass is 435 g/mol. The van der Waals surface area contributed by atoms with E-state index in [1.54, 1.807) is 18.2 Å². The number of amides is 4. The molecule has 0 aliphatic carbocycles. The topological polar surface area (TPSA) is 87.7 Å². The predicted octanol–water partition coefficient (Wildman–Crippen LogP) is 2.55. The first-order chi connectivity index (χ1) is 14.7. The Bertz CT molecular complexity index is 984. The number of ether oxygens (including phenoxy) is 1. The van der Waals surface area contributed by atoms with Crippen molar-refractivity contribution in [2.24, 2.45) is 0 Å². The molecule has 1 aliphatic rings. The molecule has 2 aromatic rings. The van der Waals surface area contributed by atoms with Gasteiger partial charge in [-0.3, -0.25) is 14.5 Å². The molecule has 0 radical (unpaired) electrons. The summed E-state index contributed by atoms with van der Waals surface area (Å²) in [7, 11) is 0. The van der Waals surface area contributed by atoms with Gasteiger partial charge < -0.3 is 15.4 Å². The first kappa shape index (κ1) is 22.1. The Kier molecular flexibility index (Phi) is 6.47. The summed E-state index contributed by atoms with van der Waals surface area (Å²) in [6.45, 7) is -1.85. The maximum absolute atomic E-state index is 14.1. The van der Waals surface area contributed by atoms with E-state index in [0.29, 0.717) is 6.42 Å². The second kappa shape index (κ2) is 9.07. The van der Waals surface area contributed by atoms with Crippen molar-refractivity contribution in [2.45, 2.75) is 25.5 Å². The standard InChI is InChI=1S/C21H20F3N3O4/c1-21(15-4-2-3-5-16(15)22)18(29)27(20(30)26-21)12-17(28)25-11-10-13-6-8-14(9-7-13)31-19(23)24/h2-9,19H,10-12H2,1H3,(H,25,28)(H,26,30). The van der Waals surface area contributed by atoms with E-state index in [1.807, 2.05) is 0 Å². The van der Waals surface area contributed by atoms with Crippen molar-refractivity contribution in [3.8, 4) is 5.75 Å². The second-order valence-corrected chi connectivity index (χ2v) is 7.05. The molecule has 0 spiro atoms. The molecular weight excluding hydrogens is 415 g/mol. The number of nitrogens with zero attached hydrogens (tertiary/aromatic N) is 1. The van der Waals surface area contributed by atoms with E-state index in [1.165, 1.54) is 37.3 Å². The van der Waals surface area contributed by atoms with Crippen molar-refractivity contribution in [2.75, 3.05) is 13.1 Å². The highest BCUT2D eigenvalue weighted by molar-refractivity contribution is 6.09. The van der Waals surface area contributed by atoms with E-state index >= 15 is 0 Å². The fourth-order valence-electron chi connectivity index (χ4n) is 3.27. The molecule has 0 saturated carbocycles. The highest BCUT2D eigenvalue weighted by Gasteiger charge is 2.50. The van der Waals surface area contributed by atoms with E-state index in [2.05, 4.69) is 15.4 Å². The van der Waals surface area contributed by atoms with E-state index in [0.717, 1.165) is 10.5 Å². The van der Waals surface area contributed by atoms with Crippen LogP contribution in [-0.2, 0) is 21.5 Å². The number of imide groups is 1. The van der Waals surface area contributed by atoms with Crippen molar-refractivity contribution in [1.29, 1.82) is 0 Å². The molecule has 7 nitrogen and oxygen atoms in total. The number of benzene rings is 2. The van der Waals surface area contributed by atoms with Crippen LogP contribution in [-0.4, -0.2) is 42.4 Å². The minimum absolute atomic E-state index is 0.00975. The van der Waals surface area contributed by atoms with Crippen LogP contribution >= 0.6 is 0 Å². The Labute approximate surface area is 176 Å². The summed E-state index contributed by atoms with van der Waals surface area (Å²) < 4.78 is 42.7. The summed E-state index contributed by atoms with van der Waals surface area (Å²) in [4.78, 5) is 38.0. The summed E-state index contributed by atoms with van der Waals surface area (Å²) in [6, 6.07) is 10.7. The van der Waals surface area contributed by atoms with Crippen LogP contribution in [0.25, 0.3) is 0 Å². The third kappa shape index (κ3) is 4.96. The van der Waals surface area contributed by atoms with Crippen LogP contribution in [0.15, 0.2) is 48.5 Å². The smallest absolute Gasteiger partial charge is 0.387 e. The normalized spacial score (nSPS) is 18.3. The van der Waals surface area contributed by atoms with Gasteiger partial charge in [0.15, 0.2) is 0 Å². The molecule has 2 N–H and O–H groups in total. The van der Waals surface area contributed by atoms with Crippen LogP contribution in [0.5, 0.6) is 5.75 Å².